The van der Waals surface area contributed by atoms with Gasteiger partial charge in [-0.25, -0.2) is 9.59 Å². The van der Waals surface area contributed by atoms with E-state index in [0.29, 0.717) is 53.0 Å². The summed E-state index contributed by atoms with van der Waals surface area (Å²) >= 11 is 2.12. The predicted octanol–water partition coefficient (Wildman–Crippen LogP) is 3.22. The van der Waals surface area contributed by atoms with E-state index in [1.165, 1.54) is 13.3 Å². The lowest BCUT2D eigenvalue weighted by molar-refractivity contribution is -0.136. The van der Waals surface area contributed by atoms with Crippen LogP contribution in [0.25, 0.3) is 0 Å². The lowest BCUT2D eigenvalue weighted by Crippen LogP contribution is -2.45. The molecule has 3 rings (SSSR count). The molecule has 0 fully saturated rings. The summed E-state index contributed by atoms with van der Waals surface area (Å²) in [5.74, 6) is 3.67. The van der Waals surface area contributed by atoms with Crippen molar-refractivity contribution in [2.45, 2.75) is 33.0 Å². The molecule has 224 valence electrons. The van der Waals surface area contributed by atoms with Crippen molar-refractivity contribution in [2.75, 3.05) is 33.5 Å². The van der Waals surface area contributed by atoms with E-state index in [9.17, 15) is 14.7 Å². The van der Waals surface area contributed by atoms with Crippen LogP contribution in [0.3, 0.4) is 0 Å². The van der Waals surface area contributed by atoms with Crippen LogP contribution in [-0.4, -0.2) is 63.1 Å². The summed E-state index contributed by atoms with van der Waals surface area (Å²) in [6, 6.07) is 7.38. The van der Waals surface area contributed by atoms with Gasteiger partial charge in [0.15, 0.2) is 29.2 Å². The Morgan fingerprint density at radius 1 is 1.17 bits per heavy atom. The third-order valence-corrected chi connectivity index (χ3v) is 6.54. The molecule has 2 atom stereocenters. The minimum absolute atomic E-state index is 0.116. The number of ether oxygens (including phenoxy) is 5. The summed E-state index contributed by atoms with van der Waals surface area (Å²) in [7, 11) is 1.27. The first-order chi connectivity index (χ1) is 20.2. The van der Waals surface area contributed by atoms with Crippen molar-refractivity contribution < 1.29 is 38.4 Å². The Balaban J connectivity index is 1.69. The van der Waals surface area contributed by atoms with Gasteiger partial charge in [-0.1, -0.05) is 12.0 Å². The summed E-state index contributed by atoms with van der Waals surface area (Å²) in [5, 5.41) is 19.8. The molecule has 1 aliphatic rings. The molecule has 0 bridgehead atoms. The number of urea groups is 1. The van der Waals surface area contributed by atoms with Gasteiger partial charge in [-0.05, 0) is 78.8 Å². The number of terminal acetylenes is 1. The summed E-state index contributed by atoms with van der Waals surface area (Å²) in [6.07, 6.45) is 5.68. The van der Waals surface area contributed by atoms with E-state index in [0.717, 1.165) is 3.57 Å². The number of methoxy groups -OCH3 is 1. The monoisotopic (exact) mass is 692 g/mol. The smallest absolute Gasteiger partial charge is 0.337 e. The van der Waals surface area contributed by atoms with Crippen molar-refractivity contribution in [1.82, 2.24) is 16.1 Å². The van der Waals surface area contributed by atoms with Crippen molar-refractivity contribution in [3.8, 4) is 35.3 Å². The number of nitrogens with zero attached hydrogens (tertiary/aromatic N) is 1. The summed E-state index contributed by atoms with van der Waals surface area (Å²) in [6.45, 7) is 6.03. The Morgan fingerprint density at radius 3 is 2.60 bits per heavy atom. The van der Waals surface area contributed by atoms with Crippen LogP contribution in [0.1, 0.15) is 37.9 Å². The molecule has 0 saturated heterocycles. The molecule has 1 aliphatic heterocycles. The van der Waals surface area contributed by atoms with Crippen molar-refractivity contribution >= 4 is 40.8 Å². The van der Waals surface area contributed by atoms with Gasteiger partial charge in [-0.2, -0.15) is 5.10 Å². The zero-order valence-corrected chi connectivity index (χ0v) is 25.8. The second kappa shape index (κ2) is 15.7. The number of allylic oxidation sites excluding steroid dienone is 1. The molecule has 12 nitrogen and oxygen atoms in total. The Labute approximate surface area is 257 Å². The van der Waals surface area contributed by atoms with Crippen molar-refractivity contribution in [1.29, 1.82) is 0 Å². The average molecular weight is 693 g/mol. The largest absolute Gasteiger partial charge is 0.490 e. The maximum absolute atomic E-state index is 12.4. The summed E-state index contributed by atoms with van der Waals surface area (Å²) in [5.41, 5.74) is 4.57. The number of benzene rings is 2. The van der Waals surface area contributed by atoms with E-state index in [2.05, 4.69) is 49.7 Å². The Hall–Kier alpha value is -4.16. The molecule has 0 radical (unpaired) electrons. The van der Waals surface area contributed by atoms with Gasteiger partial charge >= 0.3 is 12.0 Å². The number of rotatable bonds is 14. The van der Waals surface area contributed by atoms with E-state index in [-0.39, 0.29) is 18.8 Å². The zero-order valence-electron chi connectivity index (χ0n) is 23.7. The maximum atomic E-state index is 12.4. The minimum Gasteiger partial charge on any atom is -0.490 e. The van der Waals surface area contributed by atoms with Crippen molar-refractivity contribution in [2.24, 2.45) is 5.10 Å². The Morgan fingerprint density at radius 2 is 1.90 bits per heavy atom. The highest BCUT2D eigenvalue weighted by Gasteiger charge is 2.32. The SMILES string of the molecule is C#CCOc1c(I)cc(/C=N\N[C@H](O)COc2ccc([C@@H]3NC(=O)NC(C)=C3C(=O)OC)cc2OCC)cc1OCC. The highest BCUT2D eigenvalue weighted by Crippen LogP contribution is 2.35. The first-order valence-corrected chi connectivity index (χ1v) is 14.1. The molecule has 42 heavy (non-hydrogen) atoms. The normalized spacial score (nSPS) is 15.3. The van der Waals surface area contributed by atoms with Gasteiger partial charge in [-0.15, -0.1) is 6.42 Å². The predicted molar refractivity (Wildman–Crippen MR) is 164 cm³/mol. The van der Waals surface area contributed by atoms with Crippen LogP contribution >= 0.6 is 22.6 Å². The standard InChI is InChI=1S/C29H33IN4O8/c1-6-11-41-27-20(30)12-18(13-23(27)40-8-3)15-31-34-24(35)16-42-21-10-9-19(14-22(21)39-7-2)26-25(28(36)38-5)17(4)32-29(37)33-26/h1,9-10,12-15,24,26,34-35H,7-8,11,16H2,2-5H3,(H2,32,33,37)/b31-15-/t24-,26+/m1/s1. The van der Waals surface area contributed by atoms with Crippen LogP contribution in [0.2, 0.25) is 0 Å². The van der Waals surface area contributed by atoms with E-state index in [1.54, 1.807) is 31.2 Å². The molecule has 2 aromatic carbocycles. The quantitative estimate of drug-likeness (QED) is 0.0585. The number of carbonyl (C=O) groups is 2. The number of carbonyl (C=O) groups excluding carboxylic acids is 2. The third kappa shape index (κ3) is 8.43. The lowest BCUT2D eigenvalue weighted by Gasteiger charge is -2.28. The molecule has 4 N–H and O–H groups in total. The van der Waals surface area contributed by atoms with Crippen LogP contribution in [0.5, 0.6) is 23.0 Å². The molecular formula is C29H33IN4O8. The minimum atomic E-state index is -1.15. The molecule has 2 aromatic rings. The van der Waals surface area contributed by atoms with Gasteiger partial charge in [0.2, 0.25) is 0 Å². The zero-order chi connectivity index (χ0) is 30.6. The summed E-state index contributed by atoms with van der Waals surface area (Å²) in [4.78, 5) is 24.6. The average Bonchev–Trinajstić information content (AvgIpc) is 2.95. The fraction of sp³-hybridized carbons (Fsp3) is 0.345. The number of hydrogen-bond acceptors (Lipinski definition) is 10. The second-order valence-electron chi connectivity index (χ2n) is 8.67. The molecular weight excluding hydrogens is 659 g/mol. The number of amides is 2. The first kappa shape index (κ1) is 32.4. The van der Waals surface area contributed by atoms with Gasteiger partial charge in [0.1, 0.15) is 13.2 Å². The van der Waals surface area contributed by atoms with E-state index < -0.39 is 24.3 Å². The molecule has 0 saturated carbocycles. The van der Waals surface area contributed by atoms with Crippen molar-refractivity contribution in [3.63, 3.8) is 0 Å². The third-order valence-electron chi connectivity index (χ3n) is 5.74. The number of nitrogens with one attached hydrogen (secondary N) is 3. The number of aliphatic hydroxyl groups excluding tert-OH is 1. The first-order valence-electron chi connectivity index (χ1n) is 13.0. The maximum Gasteiger partial charge on any atom is 0.337 e. The number of hydrazone groups is 1. The highest BCUT2D eigenvalue weighted by molar-refractivity contribution is 14.1. The van der Waals surface area contributed by atoms with Crippen LogP contribution < -0.4 is 35.0 Å². The van der Waals surface area contributed by atoms with Crippen LogP contribution in [0, 0.1) is 15.9 Å². The van der Waals surface area contributed by atoms with E-state index >= 15 is 0 Å². The fourth-order valence-electron chi connectivity index (χ4n) is 4.00. The van der Waals surface area contributed by atoms with Gasteiger partial charge in [0, 0.05) is 5.70 Å². The summed E-state index contributed by atoms with van der Waals surface area (Å²) < 4.78 is 28.5. The van der Waals surface area contributed by atoms with Gasteiger partial charge < -0.3 is 39.4 Å². The van der Waals surface area contributed by atoms with Crippen molar-refractivity contribution in [3.05, 3.63) is 56.3 Å². The van der Waals surface area contributed by atoms with Crippen LogP contribution in [0.4, 0.5) is 4.79 Å². The molecule has 0 spiro atoms. The molecule has 0 aliphatic carbocycles. The fourth-order valence-corrected chi connectivity index (χ4v) is 4.78. The van der Waals surface area contributed by atoms with E-state index in [1.807, 2.05) is 19.9 Å². The number of halogens is 1. The number of esters is 1. The second-order valence-corrected chi connectivity index (χ2v) is 9.83. The van der Waals surface area contributed by atoms with Gasteiger partial charge in [0.05, 0.1) is 41.7 Å². The molecule has 0 unspecified atom stereocenters. The Kier molecular flexibility index (Phi) is 12.1. The van der Waals surface area contributed by atoms with Crippen LogP contribution in [-0.2, 0) is 9.53 Å². The highest BCUT2D eigenvalue weighted by atomic mass is 127. The van der Waals surface area contributed by atoms with Gasteiger partial charge in [-0.3, -0.25) is 5.43 Å². The van der Waals surface area contributed by atoms with E-state index in [4.69, 9.17) is 30.1 Å². The topological polar surface area (TPSA) is 149 Å². The molecule has 2 amide bonds. The number of aliphatic hydroxyl groups is 1. The number of hydrogen-bond donors (Lipinski definition) is 4. The van der Waals surface area contributed by atoms with Gasteiger partial charge in [0.25, 0.3) is 0 Å². The molecule has 0 aromatic heterocycles. The Bertz CT molecular complexity index is 1390. The molecule has 1 heterocycles. The lowest BCUT2D eigenvalue weighted by atomic mass is 9.95. The van der Waals surface area contributed by atoms with Crippen LogP contribution in [0.15, 0.2) is 46.7 Å². The molecule has 13 heteroatoms.